The number of hydrogen-bond acceptors (Lipinski definition) is 2. The van der Waals surface area contributed by atoms with E-state index in [1.54, 1.807) is 18.2 Å². The first-order chi connectivity index (χ1) is 8.00. The Morgan fingerprint density at radius 3 is 2.65 bits per heavy atom. The average Bonchev–Trinajstić information content (AvgIpc) is 2.28. The third kappa shape index (κ3) is 4.52. The zero-order valence-corrected chi connectivity index (χ0v) is 10.4. The molecule has 0 aliphatic carbocycles. The van der Waals surface area contributed by atoms with Crippen molar-refractivity contribution >= 4 is 27.8 Å². The maximum atomic E-state index is 13.3. The molecule has 0 fully saturated rings. The van der Waals surface area contributed by atoms with E-state index in [9.17, 15) is 14.0 Å². The van der Waals surface area contributed by atoms with E-state index in [-0.39, 0.29) is 12.2 Å². The Morgan fingerprint density at radius 1 is 1.41 bits per heavy atom. The molecule has 0 aliphatic heterocycles. The van der Waals surface area contributed by atoms with Crippen LogP contribution in [0.5, 0.6) is 0 Å². The molecule has 1 aromatic carbocycles. The second-order valence-electron chi connectivity index (χ2n) is 3.37. The number of rotatable bonds is 5. The van der Waals surface area contributed by atoms with E-state index in [0.717, 1.165) is 0 Å². The Morgan fingerprint density at radius 2 is 2.06 bits per heavy atom. The molecule has 0 aromatic heterocycles. The van der Waals surface area contributed by atoms with E-state index in [1.165, 1.54) is 6.07 Å². The third-order valence-corrected chi connectivity index (χ3v) is 2.79. The molecule has 0 bridgehead atoms. The molecule has 0 heterocycles. The van der Waals surface area contributed by atoms with E-state index in [4.69, 9.17) is 5.11 Å². The van der Waals surface area contributed by atoms with Crippen molar-refractivity contribution < 1.29 is 19.1 Å². The van der Waals surface area contributed by atoms with E-state index in [1.807, 2.05) is 0 Å². The summed E-state index contributed by atoms with van der Waals surface area (Å²) in [7, 11) is 0. The molecular weight excluding hydrogens is 293 g/mol. The molecule has 0 spiro atoms. The number of alkyl halides is 1. The van der Waals surface area contributed by atoms with E-state index >= 15 is 0 Å². The van der Waals surface area contributed by atoms with Gasteiger partial charge in [-0.3, -0.25) is 9.59 Å². The molecule has 1 atom stereocenters. The summed E-state index contributed by atoms with van der Waals surface area (Å²) in [6.45, 7) is -0.446. The summed E-state index contributed by atoms with van der Waals surface area (Å²) < 4.78 is 13.3. The van der Waals surface area contributed by atoms with Gasteiger partial charge in [0, 0.05) is 0 Å². The van der Waals surface area contributed by atoms with Crippen LogP contribution in [0.4, 0.5) is 4.39 Å². The Bertz CT molecular complexity index is 425. The number of aliphatic carboxylic acids is 1. The van der Waals surface area contributed by atoms with Crippen LogP contribution in [0.25, 0.3) is 0 Å². The van der Waals surface area contributed by atoms with E-state index in [2.05, 4.69) is 21.2 Å². The number of carboxylic acids is 1. The molecule has 0 aliphatic rings. The topological polar surface area (TPSA) is 66.4 Å². The summed E-state index contributed by atoms with van der Waals surface area (Å²) in [4.78, 5) is 21.0. The predicted octanol–water partition coefficient (Wildman–Crippen LogP) is 1.33. The molecule has 2 N–H and O–H groups in total. The normalized spacial score (nSPS) is 11.9. The summed E-state index contributed by atoms with van der Waals surface area (Å²) in [5.74, 6) is -1.98. The van der Waals surface area contributed by atoms with Gasteiger partial charge in [0.25, 0.3) is 0 Å². The van der Waals surface area contributed by atoms with E-state index in [0.29, 0.717) is 5.56 Å². The van der Waals surface area contributed by atoms with Crippen molar-refractivity contribution in [3.05, 3.63) is 35.6 Å². The van der Waals surface area contributed by atoms with Gasteiger partial charge in [0.2, 0.25) is 5.91 Å². The predicted molar refractivity (Wildman–Crippen MR) is 63.5 cm³/mol. The van der Waals surface area contributed by atoms with Crippen LogP contribution in [0.1, 0.15) is 5.56 Å². The standard InChI is InChI=1S/C11H11BrFNO3/c12-8(11(17)14-6-10(15)16)5-7-3-1-2-4-9(7)13/h1-4,8H,5-6H2,(H,14,17)(H,15,16). The Labute approximate surface area is 106 Å². The zero-order valence-electron chi connectivity index (χ0n) is 8.82. The molecule has 1 rings (SSSR count). The lowest BCUT2D eigenvalue weighted by atomic mass is 10.1. The summed E-state index contributed by atoms with van der Waals surface area (Å²) in [6, 6.07) is 6.12. The van der Waals surface area contributed by atoms with Crippen LogP contribution < -0.4 is 5.32 Å². The Balaban J connectivity index is 2.54. The van der Waals surface area contributed by atoms with Crippen molar-refractivity contribution in [3.8, 4) is 0 Å². The van der Waals surface area contributed by atoms with Crippen LogP contribution in [0.15, 0.2) is 24.3 Å². The van der Waals surface area contributed by atoms with Crippen LogP contribution in [0.3, 0.4) is 0 Å². The fourth-order valence-electron chi connectivity index (χ4n) is 1.22. The molecule has 1 amide bonds. The number of halogens is 2. The van der Waals surface area contributed by atoms with Gasteiger partial charge in [-0.15, -0.1) is 0 Å². The molecule has 1 aromatic rings. The minimum absolute atomic E-state index is 0.165. The lowest BCUT2D eigenvalue weighted by Crippen LogP contribution is -2.36. The smallest absolute Gasteiger partial charge is 0.322 e. The SMILES string of the molecule is O=C(O)CNC(=O)C(Br)Cc1ccccc1F. The lowest BCUT2D eigenvalue weighted by molar-refractivity contribution is -0.137. The molecule has 92 valence electrons. The van der Waals surface area contributed by atoms with Crippen molar-refractivity contribution in [1.29, 1.82) is 0 Å². The summed E-state index contributed by atoms with van der Waals surface area (Å²) >= 11 is 3.09. The Hall–Kier alpha value is -1.43. The van der Waals surface area contributed by atoms with Crippen LogP contribution >= 0.6 is 15.9 Å². The van der Waals surface area contributed by atoms with Gasteiger partial charge in [0.15, 0.2) is 0 Å². The number of amides is 1. The summed E-state index contributed by atoms with van der Waals surface area (Å²) in [6.07, 6.45) is 0.165. The second kappa shape index (κ2) is 6.34. The van der Waals surface area contributed by atoms with Crippen molar-refractivity contribution in [1.82, 2.24) is 5.32 Å². The first-order valence-electron chi connectivity index (χ1n) is 4.87. The monoisotopic (exact) mass is 303 g/mol. The maximum absolute atomic E-state index is 13.3. The number of hydrogen-bond donors (Lipinski definition) is 2. The largest absolute Gasteiger partial charge is 0.480 e. The fourth-order valence-corrected chi connectivity index (χ4v) is 1.73. The maximum Gasteiger partial charge on any atom is 0.322 e. The first kappa shape index (κ1) is 13.6. The van der Waals surface area contributed by atoms with Gasteiger partial charge in [-0.25, -0.2) is 4.39 Å². The second-order valence-corrected chi connectivity index (χ2v) is 4.48. The molecule has 17 heavy (non-hydrogen) atoms. The highest BCUT2D eigenvalue weighted by molar-refractivity contribution is 9.10. The molecule has 6 heteroatoms. The number of carboxylic acid groups (broad SMARTS) is 1. The highest BCUT2D eigenvalue weighted by Crippen LogP contribution is 2.13. The van der Waals surface area contributed by atoms with Crippen molar-refractivity contribution in [2.24, 2.45) is 0 Å². The first-order valence-corrected chi connectivity index (χ1v) is 5.79. The van der Waals surface area contributed by atoms with Gasteiger partial charge < -0.3 is 10.4 Å². The van der Waals surface area contributed by atoms with Crippen LogP contribution in [-0.4, -0.2) is 28.4 Å². The molecule has 0 radical (unpaired) electrons. The average molecular weight is 304 g/mol. The number of benzene rings is 1. The molecule has 1 unspecified atom stereocenters. The van der Waals surface area contributed by atoms with Crippen LogP contribution in [0.2, 0.25) is 0 Å². The molecule has 0 saturated carbocycles. The Kier molecular flexibility index (Phi) is 5.09. The van der Waals surface area contributed by atoms with Crippen molar-refractivity contribution in [2.45, 2.75) is 11.2 Å². The van der Waals surface area contributed by atoms with Gasteiger partial charge in [0.1, 0.15) is 12.4 Å². The number of carbonyl (C=O) groups is 2. The quantitative estimate of drug-likeness (QED) is 0.807. The number of nitrogens with one attached hydrogen (secondary N) is 1. The molecule has 0 saturated heterocycles. The van der Waals surface area contributed by atoms with Crippen molar-refractivity contribution in [2.75, 3.05) is 6.54 Å². The van der Waals surface area contributed by atoms with Crippen LogP contribution in [-0.2, 0) is 16.0 Å². The summed E-state index contributed by atoms with van der Waals surface area (Å²) in [5, 5.41) is 10.6. The van der Waals surface area contributed by atoms with Gasteiger partial charge >= 0.3 is 5.97 Å². The van der Waals surface area contributed by atoms with Gasteiger partial charge in [-0.05, 0) is 18.1 Å². The lowest BCUT2D eigenvalue weighted by Gasteiger charge is -2.10. The minimum Gasteiger partial charge on any atom is -0.480 e. The van der Waals surface area contributed by atoms with Crippen molar-refractivity contribution in [3.63, 3.8) is 0 Å². The molecule has 4 nitrogen and oxygen atoms in total. The van der Waals surface area contributed by atoms with Gasteiger partial charge in [-0.1, -0.05) is 34.1 Å². The van der Waals surface area contributed by atoms with E-state index < -0.39 is 23.2 Å². The van der Waals surface area contributed by atoms with Crippen LogP contribution in [0, 0.1) is 5.82 Å². The highest BCUT2D eigenvalue weighted by atomic mass is 79.9. The fraction of sp³-hybridized carbons (Fsp3) is 0.273. The third-order valence-electron chi connectivity index (χ3n) is 2.06. The number of carbonyl (C=O) groups excluding carboxylic acids is 1. The molecular formula is C11H11BrFNO3. The van der Waals surface area contributed by atoms with Gasteiger partial charge in [0.05, 0.1) is 4.83 Å². The van der Waals surface area contributed by atoms with Gasteiger partial charge in [-0.2, -0.15) is 0 Å². The summed E-state index contributed by atoms with van der Waals surface area (Å²) in [5.41, 5.74) is 0.403. The highest BCUT2D eigenvalue weighted by Gasteiger charge is 2.17. The minimum atomic E-state index is -1.12. The zero-order chi connectivity index (χ0) is 12.8.